The van der Waals surface area contributed by atoms with Gasteiger partial charge in [-0.15, -0.1) is 0 Å². The van der Waals surface area contributed by atoms with Gasteiger partial charge in [0.2, 0.25) is 0 Å². The molecule has 4 heteroatoms. The van der Waals surface area contributed by atoms with Crippen molar-refractivity contribution in [1.29, 1.82) is 0 Å². The van der Waals surface area contributed by atoms with Gasteiger partial charge < -0.3 is 14.2 Å². The van der Waals surface area contributed by atoms with Crippen molar-refractivity contribution in [2.45, 2.75) is 6.92 Å². The van der Waals surface area contributed by atoms with Crippen LogP contribution < -0.4 is 9.47 Å². The van der Waals surface area contributed by atoms with Crippen LogP contribution in [0.4, 0.5) is 0 Å². The maximum absolute atomic E-state index is 11.2. The van der Waals surface area contributed by atoms with E-state index in [9.17, 15) is 4.79 Å². The van der Waals surface area contributed by atoms with E-state index >= 15 is 0 Å². The highest BCUT2D eigenvalue weighted by Gasteiger charge is 2.08. The molecule has 0 aromatic heterocycles. The van der Waals surface area contributed by atoms with Gasteiger partial charge in [0.15, 0.2) is 11.5 Å². The van der Waals surface area contributed by atoms with E-state index in [0.717, 1.165) is 5.56 Å². The molecule has 0 spiro atoms. The molecule has 18 heavy (non-hydrogen) atoms. The van der Waals surface area contributed by atoms with Crippen LogP contribution >= 0.6 is 0 Å². The van der Waals surface area contributed by atoms with Crippen molar-refractivity contribution in [2.75, 3.05) is 21.3 Å². The number of carbonyl (C=O) groups is 1. The standard InChI is InChI=1S/C14H18O4/c1-10(14(15)18-4)5-6-11-7-8-12(16-2)13(9-11)17-3/h5-10H,1-4H3/b6-5+/t10-/m0/s1. The molecule has 1 aromatic rings. The number of esters is 1. The van der Waals surface area contributed by atoms with E-state index in [1.807, 2.05) is 24.3 Å². The first-order valence-corrected chi connectivity index (χ1v) is 5.60. The molecule has 0 unspecified atom stereocenters. The number of carbonyl (C=O) groups excluding carboxylic acids is 1. The maximum Gasteiger partial charge on any atom is 0.312 e. The second-order valence-corrected chi connectivity index (χ2v) is 3.79. The molecule has 0 heterocycles. The van der Waals surface area contributed by atoms with Gasteiger partial charge in [-0.1, -0.05) is 18.2 Å². The van der Waals surface area contributed by atoms with Gasteiger partial charge in [0.25, 0.3) is 0 Å². The van der Waals surface area contributed by atoms with Gasteiger partial charge in [-0.2, -0.15) is 0 Å². The molecule has 0 saturated heterocycles. The zero-order valence-corrected chi connectivity index (χ0v) is 11.1. The Hall–Kier alpha value is -1.97. The predicted molar refractivity (Wildman–Crippen MR) is 69.8 cm³/mol. The van der Waals surface area contributed by atoms with Crippen molar-refractivity contribution < 1.29 is 19.0 Å². The highest BCUT2D eigenvalue weighted by atomic mass is 16.5. The topological polar surface area (TPSA) is 44.8 Å². The van der Waals surface area contributed by atoms with E-state index in [0.29, 0.717) is 11.5 Å². The monoisotopic (exact) mass is 250 g/mol. The number of benzene rings is 1. The summed E-state index contributed by atoms with van der Waals surface area (Å²) < 4.78 is 15.0. The van der Waals surface area contributed by atoms with Crippen LogP contribution in [0.3, 0.4) is 0 Å². The molecule has 0 fully saturated rings. The summed E-state index contributed by atoms with van der Waals surface area (Å²) in [6.07, 6.45) is 3.64. The second kappa shape index (κ2) is 6.69. The van der Waals surface area contributed by atoms with E-state index in [1.54, 1.807) is 27.2 Å². The molecule has 1 rings (SSSR count). The number of methoxy groups -OCH3 is 3. The fourth-order valence-electron chi connectivity index (χ4n) is 1.48. The minimum atomic E-state index is -0.275. The van der Waals surface area contributed by atoms with Gasteiger partial charge in [0, 0.05) is 0 Å². The molecule has 0 bridgehead atoms. The Kier molecular flexibility index (Phi) is 5.24. The first-order chi connectivity index (χ1) is 8.62. The smallest absolute Gasteiger partial charge is 0.312 e. The van der Waals surface area contributed by atoms with Crippen LogP contribution in [0.1, 0.15) is 12.5 Å². The SMILES string of the molecule is COC(=O)[C@@H](C)/C=C/c1ccc(OC)c(OC)c1. The summed E-state index contributed by atoms with van der Waals surface area (Å²) in [6, 6.07) is 5.56. The van der Waals surface area contributed by atoms with E-state index in [1.165, 1.54) is 7.11 Å². The van der Waals surface area contributed by atoms with Gasteiger partial charge in [-0.25, -0.2) is 0 Å². The van der Waals surface area contributed by atoms with E-state index in [2.05, 4.69) is 4.74 Å². The summed E-state index contributed by atoms with van der Waals surface area (Å²) in [4.78, 5) is 11.2. The minimum Gasteiger partial charge on any atom is -0.493 e. The third-order valence-corrected chi connectivity index (χ3v) is 2.56. The van der Waals surface area contributed by atoms with Crippen LogP contribution in [0.5, 0.6) is 11.5 Å². The number of hydrogen-bond donors (Lipinski definition) is 0. The maximum atomic E-state index is 11.2. The molecule has 4 nitrogen and oxygen atoms in total. The van der Waals surface area contributed by atoms with E-state index < -0.39 is 0 Å². The lowest BCUT2D eigenvalue weighted by atomic mass is 10.1. The predicted octanol–water partition coefficient (Wildman–Crippen LogP) is 2.53. The molecule has 0 amide bonds. The minimum absolute atomic E-state index is 0.258. The van der Waals surface area contributed by atoms with E-state index in [4.69, 9.17) is 9.47 Å². The molecular formula is C14H18O4. The molecule has 98 valence electrons. The highest BCUT2D eigenvalue weighted by molar-refractivity contribution is 5.75. The highest BCUT2D eigenvalue weighted by Crippen LogP contribution is 2.28. The van der Waals surface area contributed by atoms with Crippen molar-refractivity contribution in [3.8, 4) is 11.5 Å². The van der Waals surface area contributed by atoms with Crippen molar-refractivity contribution in [1.82, 2.24) is 0 Å². The van der Waals surface area contributed by atoms with Crippen LogP contribution in [0.15, 0.2) is 24.3 Å². The Bertz CT molecular complexity index is 437. The Morgan fingerprint density at radius 2 is 1.83 bits per heavy atom. The van der Waals surface area contributed by atoms with Crippen molar-refractivity contribution in [3.05, 3.63) is 29.8 Å². The van der Waals surface area contributed by atoms with Crippen molar-refractivity contribution in [3.63, 3.8) is 0 Å². The Morgan fingerprint density at radius 3 is 2.39 bits per heavy atom. The summed E-state index contributed by atoms with van der Waals surface area (Å²) >= 11 is 0. The Balaban J connectivity index is 2.85. The number of ether oxygens (including phenoxy) is 3. The summed E-state index contributed by atoms with van der Waals surface area (Å²) in [5.41, 5.74) is 0.934. The van der Waals surface area contributed by atoms with Gasteiger partial charge in [-0.05, 0) is 24.6 Å². The van der Waals surface area contributed by atoms with Crippen molar-refractivity contribution in [2.24, 2.45) is 5.92 Å². The average Bonchev–Trinajstić information content (AvgIpc) is 2.43. The molecule has 1 atom stereocenters. The number of rotatable bonds is 5. The molecule has 0 N–H and O–H groups in total. The summed E-state index contributed by atoms with van der Waals surface area (Å²) in [5, 5.41) is 0. The first-order valence-electron chi connectivity index (χ1n) is 5.60. The first kappa shape index (κ1) is 14.1. The fourth-order valence-corrected chi connectivity index (χ4v) is 1.48. The lowest BCUT2D eigenvalue weighted by Gasteiger charge is -2.08. The largest absolute Gasteiger partial charge is 0.493 e. The Labute approximate surface area is 107 Å². The van der Waals surface area contributed by atoms with Crippen LogP contribution in [0.2, 0.25) is 0 Å². The summed E-state index contributed by atoms with van der Waals surface area (Å²) in [6.45, 7) is 1.78. The lowest BCUT2D eigenvalue weighted by Crippen LogP contribution is -2.09. The zero-order valence-electron chi connectivity index (χ0n) is 11.1. The zero-order chi connectivity index (χ0) is 13.5. The Morgan fingerprint density at radius 1 is 1.17 bits per heavy atom. The van der Waals surface area contributed by atoms with Gasteiger partial charge in [-0.3, -0.25) is 4.79 Å². The van der Waals surface area contributed by atoms with Gasteiger partial charge >= 0.3 is 5.97 Å². The van der Waals surface area contributed by atoms with Crippen LogP contribution in [-0.2, 0) is 9.53 Å². The number of hydrogen-bond acceptors (Lipinski definition) is 4. The third-order valence-electron chi connectivity index (χ3n) is 2.56. The lowest BCUT2D eigenvalue weighted by molar-refractivity contribution is -0.143. The molecule has 0 saturated carbocycles. The second-order valence-electron chi connectivity index (χ2n) is 3.79. The molecule has 0 aliphatic rings. The van der Waals surface area contributed by atoms with Crippen LogP contribution in [0.25, 0.3) is 6.08 Å². The molecule has 0 aliphatic heterocycles. The fraction of sp³-hybridized carbons (Fsp3) is 0.357. The molecule has 1 aromatic carbocycles. The van der Waals surface area contributed by atoms with Gasteiger partial charge in [0.05, 0.1) is 27.2 Å². The summed E-state index contributed by atoms with van der Waals surface area (Å²) in [5.74, 6) is 0.802. The molecule has 0 radical (unpaired) electrons. The van der Waals surface area contributed by atoms with Crippen LogP contribution in [-0.4, -0.2) is 27.3 Å². The average molecular weight is 250 g/mol. The summed E-state index contributed by atoms with van der Waals surface area (Å²) in [7, 11) is 4.55. The van der Waals surface area contributed by atoms with E-state index in [-0.39, 0.29) is 11.9 Å². The molecular weight excluding hydrogens is 232 g/mol. The van der Waals surface area contributed by atoms with Gasteiger partial charge in [0.1, 0.15) is 0 Å². The normalized spacial score (nSPS) is 12.2. The molecule has 0 aliphatic carbocycles. The van der Waals surface area contributed by atoms with Crippen LogP contribution in [0, 0.1) is 5.92 Å². The quantitative estimate of drug-likeness (QED) is 0.753. The third kappa shape index (κ3) is 3.52. The van der Waals surface area contributed by atoms with Crippen molar-refractivity contribution >= 4 is 12.0 Å².